The van der Waals surface area contributed by atoms with E-state index < -0.39 is 12.2 Å². The van der Waals surface area contributed by atoms with Crippen molar-refractivity contribution in [3.63, 3.8) is 0 Å². The van der Waals surface area contributed by atoms with Crippen molar-refractivity contribution < 1.29 is 19.1 Å². The number of aryl methyl sites for hydroxylation is 4. The molecule has 0 radical (unpaired) electrons. The van der Waals surface area contributed by atoms with Gasteiger partial charge in [0.2, 0.25) is 0 Å². The standard InChI is InChI=1S/C38H44N2O4/c1-27-15-13-16-28(2)35(27)43-31(5)37(41)39(25-33-19-9-7-10-20-33)23-24-40(26-34-21-11-8-12-22-34)38(42)32(6)44-36-29(3)17-14-18-30(36)4/h7-22,31-32H,23-26H2,1-6H3. The van der Waals surface area contributed by atoms with Gasteiger partial charge in [-0.15, -0.1) is 0 Å². The molecule has 4 aromatic rings. The number of carbonyl (C=O) groups excluding carboxylic acids is 2. The van der Waals surface area contributed by atoms with Crippen molar-refractivity contribution in [3.05, 3.63) is 130 Å². The first kappa shape index (κ1) is 32.3. The summed E-state index contributed by atoms with van der Waals surface area (Å²) in [4.78, 5) is 31.5. The average Bonchev–Trinajstić information content (AvgIpc) is 3.02. The molecule has 0 aliphatic rings. The molecule has 0 N–H and O–H groups in total. The molecule has 0 aliphatic carbocycles. The second kappa shape index (κ2) is 15.2. The molecule has 44 heavy (non-hydrogen) atoms. The van der Waals surface area contributed by atoms with E-state index in [1.165, 1.54) is 0 Å². The van der Waals surface area contributed by atoms with Crippen molar-refractivity contribution in [2.75, 3.05) is 13.1 Å². The van der Waals surface area contributed by atoms with Gasteiger partial charge in [0.1, 0.15) is 11.5 Å². The highest BCUT2D eigenvalue weighted by Gasteiger charge is 2.27. The van der Waals surface area contributed by atoms with E-state index in [0.29, 0.717) is 26.2 Å². The van der Waals surface area contributed by atoms with Crippen LogP contribution >= 0.6 is 0 Å². The van der Waals surface area contributed by atoms with Crippen LogP contribution < -0.4 is 9.47 Å². The SMILES string of the molecule is Cc1cccc(C)c1OC(C)C(=O)N(CCN(Cc1ccccc1)C(=O)C(C)Oc1c(C)cccc1C)Cc1ccccc1. The van der Waals surface area contributed by atoms with E-state index in [2.05, 4.69) is 0 Å². The lowest BCUT2D eigenvalue weighted by Crippen LogP contribution is -2.47. The molecule has 6 heteroatoms. The van der Waals surface area contributed by atoms with E-state index in [1.54, 1.807) is 23.6 Å². The summed E-state index contributed by atoms with van der Waals surface area (Å²) in [6, 6.07) is 31.7. The van der Waals surface area contributed by atoms with Crippen molar-refractivity contribution in [1.29, 1.82) is 0 Å². The molecule has 0 saturated carbocycles. The molecule has 0 fully saturated rings. The number of rotatable bonds is 13. The zero-order chi connectivity index (χ0) is 31.6. The Morgan fingerprint density at radius 2 is 0.841 bits per heavy atom. The Bertz CT molecular complexity index is 1380. The number of hydrogen-bond acceptors (Lipinski definition) is 4. The maximum absolute atomic E-state index is 13.9. The van der Waals surface area contributed by atoms with Gasteiger partial charge in [-0.05, 0) is 74.9 Å². The second-order valence-electron chi connectivity index (χ2n) is 11.5. The number of benzene rings is 4. The Balaban J connectivity index is 1.56. The van der Waals surface area contributed by atoms with Crippen LogP contribution in [0.15, 0.2) is 97.1 Å². The lowest BCUT2D eigenvalue weighted by Gasteiger charge is -2.31. The smallest absolute Gasteiger partial charge is 0.263 e. The Morgan fingerprint density at radius 3 is 1.16 bits per heavy atom. The van der Waals surface area contributed by atoms with Crippen LogP contribution in [-0.4, -0.2) is 46.9 Å². The molecule has 0 bridgehead atoms. The summed E-state index contributed by atoms with van der Waals surface area (Å²) in [6.45, 7) is 13.0. The zero-order valence-electron chi connectivity index (χ0n) is 26.7. The maximum Gasteiger partial charge on any atom is 0.263 e. The summed E-state index contributed by atoms with van der Waals surface area (Å²) < 4.78 is 12.5. The van der Waals surface area contributed by atoms with Crippen LogP contribution in [0.2, 0.25) is 0 Å². The Labute approximate surface area is 262 Å². The minimum absolute atomic E-state index is 0.136. The highest BCUT2D eigenvalue weighted by Crippen LogP contribution is 2.25. The molecule has 0 aliphatic heterocycles. The van der Waals surface area contributed by atoms with Gasteiger partial charge in [0, 0.05) is 26.2 Å². The molecule has 230 valence electrons. The van der Waals surface area contributed by atoms with Crippen LogP contribution in [0.25, 0.3) is 0 Å². The van der Waals surface area contributed by atoms with Crippen molar-refractivity contribution in [2.45, 2.75) is 66.8 Å². The van der Waals surface area contributed by atoms with Gasteiger partial charge in [-0.25, -0.2) is 0 Å². The normalized spacial score (nSPS) is 12.2. The lowest BCUT2D eigenvalue weighted by molar-refractivity contribution is -0.142. The van der Waals surface area contributed by atoms with Gasteiger partial charge in [-0.2, -0.15) is 0 Å². The molecule has 6 nitrogen and oxygen atoms in total. The number of para-hydroxylation sites is 2. The summed E-state index contributed by atoms with van der Waals surface area (Å²) in [5.41, 5.74) is 5.95. The first-order valence-electron chi connectivity index (χ1n) is 15.2. The minimum Gasteiger partial charge on any atom is -0.480 e. The van der Waals surface area contributed by atoms with Crippen LogP contribution in [0, 0.1) is 27.7 Å². The fraction of sp³-hybridized carbons (Fsp3) is 0.316. The maximum atomic E-state index is 13.9. The summed E-state index contributed by atoms with van der Waals surface area (Å²) in [5.74, 6) is 1.18. The molecule has 0 heterocycles. The number of ether oxygens (including phenoxy) is 2. The summed E-state index contributed by atoms with van der Waals surface area (Å²) in [5, 5.41) is 0. The van der Waals surface area contributed by atoms with Gasteiger partial charge in [0.05, 0.1) is 0 Å². The average molecular weight is 593 g/mol. The van der Waals surface area contributed by atoms with Crippen LogP contribution in [0.4, 0.5) is 0 Å². The first-order chi connectivity index (χ1) is 21.1. The predicted molar refractivity (Wildman–Crippen MR) is 176 cm³/mol. The monoisotopic (exact) mass is 592 g/mol. The molecule has 0 spiro atoms. The van der Waals surface area contributed by atoms with Gasteiger partial charge in [0.15, 0.2) is 12.2 Å². The summed E-state index contributed by atoms with van der Waals surface area (Å²) in [7, 11) is 0. The van der Waals surface area contributed by atoms with Gasteiger partial charge in [0.25, 0.3) is 11.8 Å². The number of hydrogen-bond donors (Lipinski definition) is 0. The van der Waals surface area contributed by atoms with Crippen molar-refractivity contribution in [3.8, 4) is 11.5 Å². The third-order valence-corrected chi connectivity index (χ3v) is 7.80. The summed E-state index contributed by atoms with van der Waals surface area (Å²) in [6.07, 6.45) is -1.41. The molecule has 4 aromatic carbocycles. The Kier molecular flexibility index (Phi) is 11.2. The van der Waals surface area contributed by atoms with E-state index in [4.69, 9.17) is 9.47 Å². The van der Waals surface area contributed by atoms with Gasteiger partial charge in [-0.1, -0.05) is 97.1 Å². The van der Waals surface area contributed by atoms with E-state index in [-0.39, 0.29) is 11.8 Å². The molecule has 2 unspecified atom stereocenters. The van der Waals surface area contributed by atoms with Crippen molar-refractivity contribution >= 4 is 11.8 Å². The molecule has 0 aromatic heterocycles. The molecular weight excluding hydrogens is 548 g/mol. The molecule has 4 rings (SSSR count). The molecule has 0 saturated heterocycles. The Morgan fingerprint density at radius 1 is 0.523 bits per heavy atom. The fourth-order valence-electron chi connectivity index (χ4n) is 5.32. The third kappa shape index (κ3) is 8.50. The van der Waals surface area contributed by atoms with E-state index in [9.17, 15) is 9.59 Å². The third-order valence-electron chi connectivity index (χ3n) is 7.80. The molecule has 2 amide bonds. The van der Waals surface area contributed by atoms with E-state index in [1.807, 2.05) is 125 Å². The number of nitrogens with zero attached hydrogens (tertiary/aromatic N) is 2. The highest BCUT2D eigenvalue weighted by atomic mass is 16.5. The number of carbonyl (C=O) groups is 2. The van der Waals surface area contributed by atoms with Crippen molar-refractivity contribution in [1.82, 2.24) is 9.80 Å². The molecule has 2 atom stereocenters. The Hall–Kier alpha value is -4.58. The minimum atomic E-state index is -0.705. The quantitative estimate of drug-likeness (QED) is 0.165. The largest absolute Gasteiger partial charge is 0.480 e. The number of amides is 2. The van der Waals surface area contributed by atoms with Gasteiger partial charge >= 0.3 is 0 Å². The first-order valence-corrected chi connectivity index (χ1v) is 15.2. The topological polar surface area (TPSA) is 59.1 Å². The van der Waals surface area contributed by atoms with Crippen LogP contribution in [0.3, 0.4) is 0 Å². The van der Waals surface area contributed by atoms with Crippen LogP contribution in [0.5, 0.6) is 11.5 Å². The fourth-order valence-corrected chi connectivity index (χ4v) is 5.32. The lowest BCUT2D eigenvalue weighted by atomic mass is 10.1. The van der Waals surface area contributed by atoms with Crippen molar-refractivity contribution in [2.24, 2.45) is 0 Å². The van der Waals surface area contributed by atoms with E-state index >= 15 is 0 Å². The van der Waals surface area contributed by atoms with Gasteiger partial charge in [-0.3, -0.25) is 9.59 Å². The summed E-state index contributed by atoms with van der Waals surface area (Å²) >= 11 is 0. The van der Waals surface area contributed by atoms with Gasteiger partial charge < -0.3 is 19.3 Å². The predicted octanol–water partition coefficient (Wildman–Crippen LogP) is 7.21. The van der Waals surface area contributed by atoms with Crippen LogP contribution in [-0.2, 0) is 22.7 Å². The van der Waals surface area contributed by atoms with Crippen LogP contribution in [0.1, 0.15) is 47.2 Å². The zero-order valence-corrected chi connectivity index (χ0v) is 26.7. The molecular formula is C38H44N2O4. The second-order valence-corrected chi connectivity index (χ2v) is 11.5. The van der Waals surface area contributed by atoms with E-state index in [0.717, 1.165) is 44.9 Å². The highest BCUT2D eigenvalue weighted by molar-refractivity contribution is 5.82.